The van der Waals surface area contributed by atoms with Gasteiger partial charge in [-0.05, 0) is 12.8 Å². The summed E-state index contributed by atoms with van der Waals surface area (Å²) in [5, 5.41) is 13.7. The van der Waals surface area contributed by atoms with Crippen LogP contribution < -0.4 is 10.6 Å². The molecule has 0 saturated heterocycles. The van der Waals surface area contributed by atoms with Gasteiger partial charge in [-0.25, -0.2) is 0 Å². The minimum atomic E-state index is -0.417. The van der Waals surface area contributed by atoms with E-state index in [0.29, 0.717) is 25.7 Å². The minimum absolute atomic E-state index is 0.00971. The Bertz CT molecular complexity index is 475. The maximum atomic E-state index is 12.0. The summed E-state index contributed by atoms with van der Waals surface area (Å²) in [6.45, 7) is 0. The molecule has 1 aliphatic carbocycles. The van der Waals surface area contributed by atoms with E-state index in [9.17, 15) is 9.59 Å². The highest BCUT2D eigenvalue weighted by atomic mass is 16.2. The molecule has 1 aliphatic heterocycles. The number of nitrogens with one attached hydrogen (secondary N) is 2. The van der Waals surface area contributed by atoms with Gasteiger partial charge in [0.05, 0.1) is 5.92 Å². The van der Waals surface area contributed by atoms with Gasteiger partial charge in [0.2, 0.25) is 11.8 Å². The third kappa shape index (κ3) is 4.03. The molecule has 114 valence electrons. The van der Waals surface area contributed by atoms with E-state index in [4.69, 9.17) is 6.42 Å². The number of carbonyl (C=O) groups is 2. The van der Waals surface area contributed by atoms with Crippen LogP contribution in [-0.4, -0.2) is 30.6 Å². The van der Waals surface area contributed by atoms with Gasteiger partial charge in [-0.1, -0.05) is 6.42 Å². The van der Waals surface area contributed by atoms with Crippen LogP contribution in [0, 0.1) is 18.3 Å². The molecule has 0 bridgehead atoms. The summed E-state index contributed by atoms with van der Waals surface area (Å²) >= 11 is 0. The maximum absolute atomic E-state index is 12.0. The largest absolute Gasteiger partial charge is 0.359 e. The zero-order chi connectivity index (χ0) is 15.3. The molecule has 0 aromatic rings. The number of hydrogen-bond acceptors (Lipinski definition) is 4. The molecule has 1 heterocycles. The molecule has 21 heavy (non-hydrogen) atoms. The summed E-state index contributed by atoms with van der Waals surface area (Å²) in [6.07, 6.45) is 10.2. The molecule has 2 rings (SSSR count). The smallest absolute Gasteiger partial charge is 0.224 e. The second-order valence-electron chi connectivity index (χ2n) is 5.71. The zero-order valence-corrected chi connectivity index (χ0v) is 12.4. The number of amides is 2. The quantitative estimate of drug-likeness (QED) is 0.694. The molecule has 2 unspecified atom stereocenters. The SMILES string of the molecule is C#CCCC1(CCC(=O)NC2CCCC2C(=O)NC)N=N1. The van der Waals surface area contributed by atoms with E-state index in [1.165, 1.54) is 0 Å². The summed E-state index contributed by atoms with van der Waals surface area (Å²) in [6, 6.07) is -0.0489. The first-order valence-corrected chi connectivity index (χ1v) is 7.49. The van der Waals surface area contributed by atoms with Crippen molar-refractivity contribution < 1.29 is 9.59 Å². The van der Waals surface area contributed by atoms with Crippen LogP contribution in [0.1, 0.15) is 44.9 Å². The van der Waals surface area contributed by atoms with Gasteiger partial charge in [0.25, 0.3) is 0 Å². The number of rotatable bonds is 7. The normalized spacial score (nSPS) is 25.1. The number of terminal acetylenes is 1. The summed E-state index contributed by atoms with van der Waals surface area (Å²) in [7, 11) is 1.63. The lowest BCUT2D eigenvalue weighted by molar-refractivity contribution is -0.126. The molecule has 0 aromatic carbocycles. The zero-order valence-electron chi connectivity index (χ0n) is 12.4. The molecule has 2 N–H and O–H groups in total. The standard InChI is InChI=1S/C15H22N4O2/c1-3-4-9-15(18-19-15)10-8-13(20)17-12-7-5-6-11(12)14(21)16-2/h1,11-12H,4-10H2,2H3,(H,16,21)(H,17,20). The lowest BCUT2D eigenvalue weighted by Crippen LogP contribution is -2.43. The highest BCUT2D eigenvalue weighted by Gasteiger charge is 2.40. The number of hydrogen-bond donors (Lipinski definition) is 2. The van der Waals surface area contributed by atoms with Crippen molar-refractivity contribution in [1.82, 2.24) is 10.6 Å². The van der Waals surface area contributed by atoms with Crippen molar-refractivity contribution in [2.75, 3.05) is 7.05 Å². The van der Waals surface area contributed by atoms with E-state index >= 15 is 0 Å². The van der Waals surface area contributed by atoms with Gasteiger partial charge in [0, 0.05) is 38.8 Å². The molecule has 2 amide bonds. The van der Waals surface area contributed by atoms with Gasteiger partial charge in [0.1, 0.15) is 0 Å². The van der Waals surface area contributed by atoms with E-state index in [2.05, 4.69) is 26.8 Å². The van der Waals surface area contributed by atoms with Gasteiger partial charge < -0.3 is 10.6 Å². The molecule has 0 radical (unpaired) electrons. The third-order valence-electron chi connectivity index (χ3n) is 4.25. The molecule has 2 aliphatic rings. The van der Waals surface area contributed by atoms with Crippen LogP contribution in [0.15, 0.2) is 10.2 Å². The Hall–Kier alpha value is -1.90. The molecule has 0 spiro atoms. The first-order valence-electron chi connectivity index (χ1n) is 7.49. The van der Waals surface area contributed by atoms with Crippen LogP contribution in [0.2, 0.25) is 0 Å². The van der Waals surface area contributed by atoms with Crippen molar-refractivity contribution >= 4 is 11.8 Å². The van der Waals surface area contributed by atoms with Crippen molar-refractivity contribution in [3.05, 3.63) is 0 Å². The molecule has 6 heteroatoms. The van der Waals surface area contributed by atoms with Crippen LogP contribution in [0.25, 0.3) is 0 Å². The predicted octanol–water partition coefficient (Wildman–Crippen LogP) is 1.37. The highest BCUT2D eigenvalue weighted by molar-refractivity contribution is 5.81. The van der Waals surface area contributed by atoms with Crippen molar-refractivity contribution in [2.24, 2.45) is 16.1 Å². The van der Waals surface area contributed by atoms with E-state index in [0.717, 1.165) is 19.3 Å². The molecule has 2 atom stereocenters. The summed E-state index contributed by atoms with van der Waals surface area (Å²) < 4.78 is 0. The van der Waals surface area contributed by atoms with Crippen molar-refractivity contribution in [1.29, 1.82) is 0 Å². The number of carbonyl (C=O) groups excluding carboxylic acids is 2. The molecule has 0 aromatic heterocycles. The van der Waals surface area contributed by atoms with Crippen LogP contribution in [-0.2, 0) is 9.59 Å². The summed E-state index contributed by atoms with van der Waals surface area (Å²) in [5.74, 6) is 2.44. The van der Waals surface area contributed by atoms with Gasteiger partial charge in [-0.15, -0.1) is 12.3 Å². The van der Waals surface area contributed by atoms with Crippen molar-refractivity contribution in [2.45, 2.75) is 56.7 Å². The van der Waals surface area contributed by atoms with Gasteiger partial charge >= 0.3 is 0 Å². The fourth-order valence-electron chi connectivity index (χ4n) is 2.89. The van der Waals surface area contributed by atoms with Crippen LogP contribution >= 0.6 is 0 Å². The minimum Gasteiger partial charge on any atom is -0.359 e. The van der Waals surface area contributed by atoms with Crippen LogP contribution in [0.4, 0.5) is 0 Å². The summed E-state index contributed by atoms with van der Waals surface area (Å²) in [4.78, 5) is 23.8. The van der Waals surface area contributed by atoms with Gasteiger partial charge in [-0.2, -0.15) is 10.2 Å². The second kappa shape index (κ2) is 6.70. The fourth-order valence-corrected chi connectivity index (χ4v) is 2.89. The lowest BCUT2D eigenvalue weighted by atomic mass is 10.0. The monoisotopic (exact) mass is 290 g/mol. The van der Waals surface area contributed by atoms with E-state index < -0.39 is 5.66 Å². The summed E-state index contributed by atoms with van der Waals surface area (Å²) in [5.41, 5.74) is -0.417. The van der Waals surface area contributed by atoms with Crippen LogP contribution in [0.3, 0.4) is 0 Å². The molecule has 1 fully saturated rings. The first kappa shape index (κ1) is 15.5. The molecule has 6 nitrogen and oxygen atoms in total. The van der Waals surface area contributed by atoms with Crippen molar-refractivity contribution in [3.8, 4) is 12.3 Å². The Kier molecular flexibility index (Phi) is 4.94. The highest BCUT2D eigenvalue weighted by Crippen LogP contribution is 2.37. The molecular formula is C15H22N4O2. The van der Waals surface area contributed by atoms with E-state index in [-0.39, 0.29) is 23.8 Å². The molecular weight excluding hydrogens is 268 g/mol. The average Bonchev–Trinajstić information content (AvgIpc) is 3.12. The Morgan fingerprint density at radius 2 is 2.10 bits per heavy atom. The first-order chi connectivity index (χ1) is 10.1. The lowest BCUT2D eigenvalue weighted by Gasteiger charge is -2.20. The van der Waals surface area contributed by atoms with Crippen LogP contribution in [0.5, 0.6) is 0 Å². The topological polar surface area (TPSA) is 82.9 Å². The predicted molar refractivity (Wildman–Crippen MR) is 78.2 cm³/mol. The Balaban J connectivity index is 1.75. The van der Waals surface area contributed by atoms with E-state index in [1.807, 2.05) is 0 Å². The Morgan fingerprint density at radius 1 is 1.33 bits per heavy atom. The fraction of sp³-hybridized carbons (Fsp3) is 0.733. The number of nitrogens with zero attached hydrogens (tertiary/aromatic N) is 2. The van der Waals surface area contributed by atoms with E-state index in [1.54, 1.807) is 7.05 Å². The average molecular weight is 290 g/mol. The maximum Gasteiger partial charge on any atom is 0.224 e. The second-order valence-corrected chi connectivity index (χ2v) is 5.71. The van der Waals surface area contributed by atoms with Gasteiger partial charge in [-0.3, -0.25) is 9.59 Å². The van der Waals surface area contributed by atoms with Crippen molar-refractivity contribution in [3.63, 3.8) is 0 Å². The molecule has 1 saturated carbocycles. The third-order valence-corrected chi connectivity index (χ3v) is 4.25. The van der Waals surface area contributed by atoms with Gasteiger partial charge in [0.15, 0.2) is 5.66 Å². The Morgan fingerprint density at radius 3 is 2.71 bits per heavy atom. The Labute approximate surface area is 125 Å².